The molecular formula is C32H29N. The van der Waals surface area contributed by atoms with Crippen molar-refractivity contribution in [3.63, 3.8) is 0 Å². The summed E-state index contributed by atoms with van der Waals surface area (Å²) in [5.74, 6) is 0. The van der Waals surface area contributed by atoms with Gasteiger partial charge in [0.25, 0.3) is 0 Å². The summed E-state index contributed by atoms with van der Waals surface area (Å²) >= 11 is 0. The van der Waals surface area contributed by atoms with E-state index in [1.54, 1.807) is 6.08 Å². The maximum atomic E-state index is 3.78. The summed E-state index contributed by atoms with van der Waals surface area (Å²) in [5, 5.41) is 0. The zero-order valence-electron chi connectivity index (χ0n) is 19.3. The lowest BCUT2D eigenvalue weighted by Gasteiger charge is -2.26. The second-order valence-corrected chi connectivity index (χ2v) is 7.97. The zero-order chi connectivity index (χ0) is 23.0. The van der Waals surface area contributed by atoms with Gasteiger partial charge >= 0.3 is 0 Å². The standard InChI is InChI=1S/C32H29N/c1-4-6-10-26(5-2)28-15-21-31(22-16-28)33(30-19-13-25(3)14-20-30)32-23-17-29(18-24-32)27-11-8-7-9-12-27/h4-24H,1H2,2-3H3/b10-6-,26-5+. The van der Waals surface area contributed by atoms with Crippen molar-refractivity contribution in [1.82, 2.24) is 0 Å². The summed E-state index contributed by atoms with van der Waals surface area (Å²) in [4.78, 5) is 2.30. The van der Waals surface area contributed by atoms with Crippen LogP contribution in [0.3, 0.4) is 0 Å². The van der Waals surface area contributed by atoms with Gasteiger partial charge in [0.2, 0.25) is 0 Å². The first-order valence-electron chi connectivity index (χ1n) is 11.3. The van der Waals surface area contributed by atoms with Crippen molar-refractivity contribution in [3.8, 4) is 11.1 Å². The predicted molar refractivity (Wildman–Crippen MR) is 144 cm³/mol. The summed E-state index contributed by atoms with van der Waals surface area (Å²) in [6.45, 7) is 7.95. The van der Waals surface area contributed by atoms with Gasteiger partial charge in [0.1, 0.15) is 0 Å². The molecule has 0 fully saturated rings. The quantitative estimate of drug-likeness (QED) is 0.266. The molecule has 0 bridgehead atoms. The number of aryl methyl sites for hydroxylation is 1. The minimum Gasteiger partial charge on any atom is -0.311 e. The molecule has 1 heteroatoms. The fraction of sp³-hybridized carbons (Fsp3) is 0.0625. The van der Waals surface area contributed by atoms with Crippen molar-refractivity contribution in [1.29, 1.82) is 0 Å². The van der Waals surface area contributed by atoms with Crippen LogP contribution >= 0.6 is 0 Å². The van der Waals surface area contributed by atoms with E-state index in [2.05, 4.69) is 135 Å². The average molecular weight is 428 g/mol. The summed E-state index contributed by atoms with van der Waals surface area (Å²) in [6, 6.07) is 36.7. The number of benzene rings is 4. The molecule has 0 aromatic heterocycles. The van der Waals surface area contributed by atoms with Crippen LogP contribution in [0.25, 0.3) is 16.7 Å². The van der Waals surface area contributed by atoms with Crippen LogP contribution in [-0.2, 0) is 0 Å². The molecule has 0 atom stereocenters. The fourth-order valence-corrected chi connectivity index (χ4v) is 3.91. The molecule has 4 aromatic rings. The highest BCUT2D eigenvalue weighted by atomic mass is 15.1. The van der Waals surface area contributed by atoms with Gasteiger partial charge in [0, 0.05) is 17.1 Å². The van der Waals surface area contributed by atoms with E-state index in [0.717, 1.165) is 17.1 Å². The molecule has 4 rings (SSSR count). The molecule has 0 saturated heterocycles. The Morgan fingerprint density at radius 3 is 1.73 bits per heavy atom. The normalized spacial score (nSPS) is 11.5. The molecule has 0 spiro atoms. The Hall–Kier alpha value is -4.10. The molecule has 0 unspecified atom stereocenters. The molecule has 0 amide bonds. The van der Waals surface area contributed by atoms with Crippen molar-refractivity contribution >= 4 is 22.6 Å². The van der Waals surface area contributed by atoms with E-state index in [9.17, 15) is 0 Å². The van der Waals surface area contributed by atoms with Gasteiger partial charge < -0.3 is 4.90 Å². The minimum absolute atomic E-state index is 1.12. The van der Waals surface area contributed by atoms with Crippen LogP contribution in [0, 0.1) is 6.92 Å². The van der Waals surface area contributed by atoms with E-state index in [1.807, 2.05) is 12.1 Å². The number of nitrogens with zero attached hydrogens (tertiary/aromatic N) is 1. The molecule has 0 radical (unpaired) electrons. The third-order valence-corrected chi connectivity index (χ3v) is 5.71. The predicted octanol–water partition coefficient (Wildman–Crippen LogP) is 9.28. The lowest BCUT2D eigenvalue weighted by molar-refractivity contribution is 1.27. The Morgan fingerprint density at radius 1 is 0.667 bits per heavy atom. The van der Waals surface area contributed by atoms with Gasteiger partial charge in [-0.1, -0.05) is 103 Å². The van der Waals surface area contributed by atoms with Gasteiger partial charge in [-0.25, -0.2) is 0 Å². The van der Waals surface area contributed by atoms with Crippen LogP contribution in [-0.4, -0.2) is 0 Å². The Bertz CT molecular complexity index is 1240. The van der Waals surface area contributed by atoms with E-state index in [0.29, 0.717) is 0 Å². The molecule has 0 aliphatic heterocycles. The van der Waals surface area contributed by atoms with Gasteiger partial charge in [-0.2, -0.15) is 0 Å². The maximum Gasteiger partial charge on any atom is 0.0462 e. The minimum atomic E-state index is 1.12. The molecule has 0 heterocycles. The van der Waals surface area contributed by atoms with Crippen LogP contribution in [0.5, 0.6) is 0 Å². The number of allylic oxidation sites excluding steroid dienone is 5. The lowest BCUT2D eigenvalue weighted by Crippen LogP contribution is -2.09. The van der Waals surface area contributed by atoms with Gasteiger partial charge in [0.05, 0.1) is 0 Å². The van der Waals surface area contributed by atoms with Crippen molar-refractivity contribution in [2.24, 2.45) is 0 Å². The highest BCUT2D eigenvalue weighted by Gasteiger charge is 2.13. The van der Waals surface area contributed by atoms with Gasteiger partial charge in [0.15, 0.2) is 0 Å². The fourth-order valence-electron chi connectivity index (χ4n) is 3.91. The first-order chi connectivity index (χ1) is 16.2. The highest BCUT2D eigenvalue weighted by Crippen LogP contribution is 2.36. The number of hydrogen-bond acceptors (Lipinski definition) is 1. The zero-order valence-corrected chi connectivity index (χ0v) is 19.3. The Balaban J connectivity index is 1.72. The second-order valence-electron chi connectivity index (χ2n) is 7.97. The monoisotopic (exact) mass is 427 g/mol. The summed E-state index contributed by atoms with van der Waals surface area (Å²) in [6.07, 6.45) is 7.98. The largest absolute Gasteiger partial charge is 0.311 e. The molecule has 33 heavy (non-hydrogen) atoms. The van der Waals surface area contributed by atoms with E-state index < -0.39 is 0 Å². The average Bonchev–Trinajstić information content (AvgIpc) is 2.87. The third kappa shape index (κ3) is 5.22. The number of hydrogen-bond donors (Lipinski definition) is 0. The Morgan fingerprint density at radius 2 is 1.18 bits per heavy atom. The first kappa shape index (κ1) is 22.1. The van der Waals surface area contributed by atoms with Crippen LogP contribution in [0.15, 0.2) is 134 Å². The van der Waals surface area contributed by atoms with Crippen LogP contribution in [0.4, 0.5) is 17.1 Å². The summed E-state index contributed by atoms with van der Waals surface area (Å²) in [5.41, 5.74) is 9.44. The van der Waals surface area contributed by atoms with E-state index in [1.165, 1.54) is 27.8 Å². The van der Waals surface area contributed by atoms with Gasteiger partial charge in [-0.3, -0.25) is 0 Å². The SMILES string of the molecule is C=C/C=C\C(=C/C)c1ccc(N(c2ccc(C)cc2)c2ccc(-c3ccccc3)cc2)cc1. The van der Waals surface area contributed by atoms with Gasteiger partial charge in [-0.05, 0) is 72.5 Å². The molecule has 0 aliphatic carbocycles. The molecular weight excluding hydrogens is 398 g/mol. The molecule has 162 valence electrons. The molecule has 4 aromatic carbocycles. The van der Waals surface area contributed by atoms with Crippen LogP contribution in [0.2, 0.25) is 0 Å². The van der Waals surface area contributed by atoms with Crippen molar-refractivity contribution in [2.45, 2.75) is 13.8 Å². The van der Waals surface area contributed by atoms with Gasteiger partial charge in [-0.15, -0.1) is 0 Å². The van der Waals surface area contributed by atoms with E-state index in [4.69, 9.17) is 0 Å². The molecule has 0 aliphatic rings. The van der Waals surface area contributed by atoms with E-state index >= 15 is 0 Å². The molecule has 0 saturated carbocycles. The van der Waals surface area contributed by atoms with Crippen LogP contribution < -0.4 is 4.90 Å². The number of anilines is 3. The Kier molecular flexibility index (Phi) is 7.02. The third-order valence-electron chi connectivity index (χ3n) is 5.71. The summed E-state index contributed by atoms with van der Waals surface area (Å²) < 4.78 is 0. The van der Waals surface area contributed by atoms with Crippen molar-refractivity contribution < 1.29 is 0 Å². The highest BCUT2D eigenvalue weighted by molar-refractivity contribution is 5.80. The van der Waals surface area contributed by atoms with E-state index in [-0.39, 0.29) is 0 Å². The lowest BCUT2D eigenvalue weighted by atomic mass is 10.0. The maximum absolute atomic E-state index is 3.78. The second kappa shape index (κ2) is 10.5. The summed E-state index contributed by atoms with van der Waals surface area (Å²) in [7, 11) is 0. The topological polar surface area (TPSA) is 3.24 Å². The molecule has 1 nitrogen and oxygen atoms in total. The van der Waals surface area contributed by atoms with Crippen molar-refractivity contribution in [2.75, 3.05) is 4.90 Å². The number of rotatable bonds is 7. The first-order valence-corrected chi connectivity index (χ1v) is 11.3. The van der Waals surface area contributed by atoms with Crippen molar-refractivity contribution in [3.05, 3.63) is 145 Å². The smallest absolute Gasteiger partial charge is 0.0462 e. The molecule has 0 N–H and O–H groups in total. The van der Waals surface area contributed by atoms with Crippen LogP contribution in [0.1, 0.15) is 18.1 Å². The Labute approximate surface area is 197 Å².